The zero-order chi connectivity index (χ0) is 38.8. The molecule has 0 rings (SSSR count). The van der Waals surface area contributed by atoms with Crippen LogP contribution in [0, 0.1) is 0 Å². The Balaban J connectivity index is 0. The molecule has 0 aliphatic heterocycles. The van der Waals surface area contributed by atoms with Crippen LogP contribution in [0.1, 0.15) is 206 Å². The Kier molecular flexibility index (Phi) is 34.0. The number of unbranched alkanes of at least 4 members (excludes halogenated alkanes) is 24. The number of aliphatic carboxylic acids is 2. The van der Waals surface area contributed by atoms with Gasteiger partial charge in [0.05, 0.1) is 19.4 Å². The van der Waals surface area contributed by atoms with Crippen molar-refractivity contribution in [3.63, 3.8) is 0 Å². The van der Waals surface area contributed by atoms with Crippen molar-refractivity contribution in [1.29, 1.82) is 0 Å². The monoisotopic (exact) mass is 748 g/mol. The van der Waals surface area contributed by atoms with Crippen molar-refractivity contribution in [1.82, 2.24) is 0 Å². The van der Waals surface area contributed by atoms with Crippen molar-refractivity contribution in [3.05, 3.63) is 0 Å². The van der Waals surface area contributed by atoms with Crippen molar-refractivity contribution in [2.75, 3.05) is 6.61 Å². The Morgan fingerprint density at radius 1 is 0.431 bits per heavy atom. The lowest BCUT2D eigenvalue weighted by Crippen LogP contribution is -2.63. The van der Waals surface area contributed by atoms with E-state index >= 15 is 0 Å². The van der Waals surface area contributed by atoms with Gasteiger partial charge in [0.15, 0.2) is 17.2 Å². The summed E-state index contributed by atoms with van der Waals surface area (Å²) >= 11 is 0. The predicted octanol–water partition coefficient (Wildman–Crippen LogP) is 9.61. The van der Waals surface area contributed by atoms with Crippen LogP contribution in [0.2, 0.25) is 0 Å². The van der Waals surface area contributed by atoms with E-state index in [4.69, 9.17) is 10.2 Å². The van der Waals surface area contributed by atoms with Crippen LogP contribution < -0.4 is 0 Å². The second-order valence-electron chi connectivity index (χ2n) is 14.1. The van der Waals surface area contributed by atoms with Gasteiger partial charge < -0.3 is 25.5 Å². The van der Waals surface area contributed by atoms with Crippen LogP contribution >= 0.6 is 7.68 Å². The van der Waals surface area contributed by atoms with Gasteiger partial charge in [0.2, 0.25) is 0 Å². The summed E-state index contributed by atoms with van der Waals surface area (Å²) < 4.78 is 24.1. The summed E-state index contributed by atoms with van der Waals surface area (Å²) in [7, 11) is -3.91. The van der Waals surface area contributed by atoms with Crippen LogP contribution in [0.5, 0.6) is 0 Å². The SMILES string of the molecule is CCCCCCCCCCCCCCCC(=O)C(O)(CO)C(O)(C(=O)CCCCCCCCCCCCCCC)P(=O)=O.O=C(O)CCC(=O)O. The van der Waals surface area contributed by atoms with Gasteiger partial charge in [-0.25, -0.2) is 9.13 Å². The molecular weight excluding hydrogens is 675 g/mol. The van der Waals surface area contributed by atoms with Crippen molar-refractivity contribution < 1.29 is 53.8 Å². The second-order valence-corrected chi connectivity index (χ2v) is 15.2. The average molecular weight is 749 g/mol. The Bertz CT molecular complexity index is 962. The quantitative estimate of drug-likeness (QED) is 0.0301. The average Bonchev–Trinajstić information content (AvgIpc) is 3.10. The minimum Gasteiger partial charge on any atom is -0.481 e. The highest BCUT2D eigenvalue weighted by molar-refractivity contribution is 7.34. The molecule has 0 radical (unpaired) electrons. The van der Waals surface area contributed by atoms with E-state index in [9.17, 15) is 43.6 Å². The van der Waals surface area contributed by atoms with Gasteiger partial charge >= 0.3 is 19.6 Å². The minimum atomic E-state index is -3.91. The fraction of sp³-hybridized carbons (Fsp3) is 0.897. The molecule has 12 heteroatoms. The van der Waals surface area contributed by atoms with Gasteiger partial charge in [-0.05, 0) is 12.8 Å². The molecule has 0 saturated carbocycles. The standard InChI is InChI=1S/C35H67O7P.C4H6O4/c1-3-5-7-9-11-13-15-17-19-21-23-25-27-29-32(37)34(39,31-36)35(40,43(41)42)33(38)30-28-26-24-22-20-18-16-14-12-10-8-6-4-2;5-3(6)1-2-4(7)8/h36,39-40H,3-31H2,1-2H3;1-2H2,(H,5,6)(H,7,8). The highest BCUT2D eigenvalue weighted by Crippen LogP contribution is 2.40. The van der Waals surface area contributed by atoms with Crippen LogP contribution in [0.4, 0.5) is 0 Å². The number of rotatable bonds is 36. The van der Waals surface area contributed by atoms with E-state index in [0.29, 0.717) is 19.3 Å². The third-order valence-corrected chi connectivity index (χ3v) is 10.6. The molecule has 0 aliphatic carbocycles. The summed E-state index contributed by atoms with van der Waals surface area (Å²) in [5.41, 5.74) is -3.05. The van der Waals surface area contributed by atoms with Gasteiger partial charge in [0, 0.05) is 12.8 Å². The maximum Gasteiger partial charge on any atom is 0.359 e. The Hall–Kier alpha value is -1.94. The van der Waals surface area contributed by atoms with Crippen LogP contribution in [0.25, 0.3) is 0 Å². The van der Waals surface area contributed by atoms with Crippen molar-refractivity contribution >= 4 is 31.2 Å². The molecule has 0 aromatic rings. The van der Waals surface area contributed by atoms with Crippen LogP contribution in [-0.4, -0.2) is 66.6 Å². The number of Topliss-reactive ketones (excluding diaryl/α,β-unsaturated/α-hetero) is 2. The predicted molar refractivity (Wildman–Crippen MR) is 200 cm³/mol. The summed E-state index contributed by atoms with van der Waals surface area (Å²) in [4.78, 5) is 45.0. The van der Waals surface area contributed by atoms with E-state index in [2.05, 4.69) is 13.8 Å². The van der Waals surface area contributed by atoms with Gasteiger partial charge in [0.25, 0.3) is 5.34 Å². The zero-order valence-electron chi connectivity index (χ0n) is 32.1. The van der Waals surface area contributed by atoms with Gasteiger partial charge in [-0.1, -0.05) is 168 Å². The summed E-state index contributed by atoms with van der Waals surface area (Å²) in [6, 6.07) is 0. The number of carbonyl (C=O) groups is 4. The Labute approximate surface area is 308 Å². The molecule has 0 spiro atoms. The summed E-state index contributed by atoms with van der Waals surface area (Å²) in [5.74, 6) is -4.28. The summed E-state index contributed by atoms with van der Waals surface area (Å²) in [5, 5.41) is 44.1. The number of aliphatic hydroxyl groups is 3. The first kappa shape index (κ1) is 51.2. The smallest absolute Gasteiger partial charge is 0.359 e. The molecule has 0 saturated heterocycles. The van der Waals surface area contributed by atoms with E-state index in [1.807, 2.05) is 0 Å². The van der Waals surface area contributed by atoms with Crippen molar-refractivity contribution in [2.45, 2.75) is 217 Å². The lowest BCUT2D eigenvalue weighted by molar-refractivity contribution is -0.173. The topological polar surface area (TPSA) is 204 Å². The number of carboxylic acid groups (broad SMARTS) is 2. The summed E-state index contributed by atoms with van der Waals surface area (Å²) in [6.45, 7) is 3.12. The van der Waals surface area contributed by atoms with Gasteiger partial charge in [0.1, 0.15) is 0 Å². The molecule has 2 atom stereocenters. The van der Waals surface area contributed by atoms with Crippen LogP contribution in [0.3, 0.4) is 0 Å². The molecule has 11 nitrogen and oxygen atoms in total. The Morgan fingerprint density at radius 3 is 0.922 bits per heavy atom. The number of carboxylic acids is 2. The lowest BCUT2D eigenvalue weighted by Gasteiger charge is -2.34. The van der Waals surface area contributed by atoms with E-state index in [1.54, 1.807) is 0 Å². The molecular formula is C39H73O11P. The number of hydrogen-bond donors (Lipinski definition) is 5. The molecule has 0 aromatic heterocycles. The molecule has 0 aromatic carbocycles. The van der Waals surface area contributed by atoms with E-state index in [0.717, 1.165) is 44.9 Å². The van der Waals surface area contributed by atoms with Crippen molar-refractivity contribution in [3.8, 4) is 0 Å². The first-order valence-electron chi connectivity index (χ1n) is 20.0. The van der Waals surface area contributed by atoms with E-state index in [-0.39, 0.29) is 25.7 Å². The fourth-order valence-corrected chi connectivity index (χ4v) is 6.89. The molecule has 5 N–H and O–H groups in total. The molecule has 0 aliphatic rings. The number of carbonyl (C=O) groups excluding carboxylic acids is 2. The first-order chi connectivity index (χ1) is 24.3. The highest BCUT2D eigenvalue weighted by Gasteiger charge is 2.62. The number of ketones is 2. The second kappa shape index (κ2) is 33.9. The molecule has 0 bridgehead atoms. The first-order valence-corrected chi connectivity index (χ1v) is 21.2. The largest absolute Gasteiger partial charge is 0.481 e. The van der Waals surface area contributed by atoms with Gasteiger partial charge in [-0.3, -0.25) is 19.2 Å². The maximum absolute atomic E-state index is 12.9. The van der Waals surface area contributed by atoms with Gasteiger partial charge in [-0.15, -0.1) is 0 Å². The molecule has 0 amide bonds. The molecule has 300 valence electrons. The fourth-order valence-electron chi connectivity index (χ4n) is 6.08. The summed E-state index contributed by atoms with van der Waals surface area (Å²) in [6.07, 6.45) is 27.7. The van der Waals surface area contributed by atoms with Crippen LogP contribution in [-0.2, 0) is 28.3 Å². The van der Waals surface area contributed by atoms with Crippen LogP contribution in [0.15, 0.2) is 0 Å². The molecule has 0 heterocycles. The minimum absolute atomic E-state index is 0.202. The Morgan fingerprint density at radius 2 is 0.686 bits per heavy atom. The molecule has 51 heavy (non-hydrogen) atoms. The lowest BCUT2D eigenvalue weighted by atomic mass is 9.85. The van der Waals surface area contributed by atoms with Gasteiger partial charge in [-0.2, -0.15) is 0 Å². The van der Waals surface area contributed by atoms with Crippen molar-refractivity contribution in [2.24, 2.45) is 0 Å². The number of aliphatic hydroxyl groups excluding tert-OH is 1. The normalized spacial score (nSPS) is 13.4. The molecule has 2 unspecified atom stereocenters. The zero-order valence-corrected chi connectivity index (χ0v) is 32.9. The van der Waals surface area contributed by atoms with E-state index < -0.39 is 48.7 Å². The highest BCUT2D eigenvalue weighted by atomic mass is 31.1. The molecule has 0 fully saturated rings. The third kappa shape index (κ3) is 25.6. The van der Waals surface area contributed by atoms with E-state index in [1.165, 1.54) is 103 Å². The number of hydrogen-bond acceptors (Lipinski definition) is 9. The third-order valence-electron chi connectivity index (χ3n) is 9.49. The maximum atomic E-state index is 12.9.